The Bertz CT molecular complexity index is 618. The summed E-state index contributed by atoms with van der Waals surface area (Å²) in [6.45, 7) is 2.71. The lowest BCUT2D eigenvalue weighted by atomic mass is 10.1. The molecule has 21 heavy (non-hydrogen) atoms. The summed E-state index contributed by atoms with van der Waals surface area (Å²) in [4.78, 5) is 13.7. The maximum absolute atomic E-state index is 12.2. The van der Waals surface area contributed by atoms with Gasteiger partial charge in [0.2, 0.25) is 0 Å². The molecule has 1 N–H and O–H groups in total. The van der Waals surface area contributed by atoms with Crippen molar-refractivity contribution in [1.82, 2.24) is 9.62 Å². The van der Waals surface area contributed by atoms with Gasteiger partial charge in [-0.15, -0.1) is 0 Å². The average molecular weight is 308 g/mol. The van der Waals surface area contributed by atoms with Crippen molar-refractivity contribution in [1.29, 1.82) is 0 Å². The molecule has 1 aromatic rings. The molecular weight excluding hydrogens is 288 g/mol. The first kappa shape index (κ1) is 15.6. The Morgan fingerprint density at radius 3 is 2.38 bits per heavy atom. The van der Waals surface area contributed by atoms with E-state index in [0.29, 0.717) is 13.1 Å². The molecule has 2 rings (SSSR count). The number of benzene rings is 1. The van der Waals surface area contributed by atoms with Crippen LogP contribution in [0.25, 0.3) is 6.08 Å². The number of piperidine rings is 1. The number of hydrogen-bond acceptors (Lipinski definition) is 3. The Hall–Kier alpha value is -1.82. The van der Waals surface area contributed by atoms with Crippen molar-refractivity contribution in [3.05, 3.63) is 40.8 Å². The molecule has 1 fully saturated rings. The van der Waals surface area contributed by atoms with Crippen LogP contribution in [0.4, 0.5) is 4.79 Å². The highest BCUT2D eigenvalue weighted by molar-refractivity contribution is 7.94. The highest BCUT2D eigenvalue weighted by atomic mass is 32.2. The smallest absolute Gasteiger partial charge is 0.324 e. The van der Waals surface area contributed by atoms with Gasteiger partial charge in [-0.25, -0.2) is 17.9 Å². The van der Waals surface area contributed by atoms with Gasteiger partial charge in [0.15, 0.2) is 0 Å². The SMILES string of the molecule is C/C(=C\c1ccccc1)S(=O)(=O)NC(=O)N1CCCCC1. The van der Waals surface area contributed by atoms with Crippen LogP contribution in [0.1, 0.15) is 31.7 Å². The molecular formula is C15H20N2O3S. The van der Waals surface area contributed by atoms with Crippen molar-refractivity contribution < 1.29 is 13.2 Å². The molecule has 1 heterocycles. The molecule has 5 nitrogen and oxygen atoms in total. The number of carbonyl (C=O) groups excluding carboxylic acids is 1. The molecule has 114 valence electrons. The van der Waals surface area contributed by atoms with Gasteiger partial charge in [0.25, 0.3) is 10.0 Å². The fraction of sp³-hybridized carbons (Fsp3) is 0.400. The van der Waals surface area contributed by atoms with Gasteiger partial charge in [-0.1, -0.05) is 30.3 Å². The van der Waals surface area contributed by atoms with Crippen LogP contribution in [-0.2, 0) is 10.0 Å². The molecule has 0 atom stereocenters. The van der Waals surface area contributed by atoms with E-state index in [2.05, 4.69) is 4.72 Å². The largest absolute Gasteiger partial charge is 0.331 e. The lowest BCUT2D eigenvalue weighted by Crippen LogP contribution is -2.45. The second-order valence-corrected chi connectivity index (χ2v) is 6.98. The molecule has 0 saturated carbocycles. The zero-order valence-corrected chi connectivity index (χ0v) is 12.9. The third kappa shape index (κ3) is 4.32. The third-order valence-corrected chi connectivity index (χ3v) is 4.87. The predicted molar refractivity (Wildman–Crippen MR) is 83.0 cm³/mol. The van der Waals surface area contributed by atoms with E-state index in [1.54, 1.807) is 11.0 Å². The summed E-state index contributed by atoms with van der Waals surface area (Å²) in [5, 5.41) is 0. The highest BCUT2D eigenvalue weighted by Gasteiger charge is 2.22. The number of hydrogen-bond donors (Lipinski definition) is 1. The van der Waals surface area contributed by atoms with E-state index >= 15 is 0 Å². The number of amides is 2. The molecule has 1 aromatic carbocycles. The summed E-state index contributed by atoms with van der Waals surface area (Å²) < 4.78 is 26.5. The van der Waals surface area contributed by atoms with E-state index in [1.165, 1.54) is 6.92 Å². The van der Waals surface area contributed by atoms with Crippen LogP contribution < -0.4 is 4.72 Å². The van der Waals surface area contributed by atoms with Gasteiger partial charge in [-0.3, -0.25) is 0 Å². The first-order chi connectivity index (χ1) is 9.99. The summed E-state index contributed by atoms with van der Waals surface area (Å²) in [5.74, 6) is 0. The first-order valence-corrected chi connectivity index (χ1v) is 8.52. The molecule has 1 saturated heterocycles. The Balaban J connectivity index is 2.07. The van der Waals surface area contributed by atoms with Crippen molar-refractivity contribution >= 4 is 22.1 Å². The van der Waals surface area contributed by atoms with E-state index in [4.69, 9.17) is 0 Å². The summed E-state index contributed by atoms with van der Waals surface area (Å²) in [5.41, 5.74) is 0.783. The molecule has 0 bridgehead atoms. The molecule has 6 heteroatoms. The Kier molecular flexibility index (Phi) is 5.01. The fourth-order valence-corrected chi connectivity index (χ4v) is 3.03. The lowest BCUT2D eigenvalue weighted by Gasteiger charge is -2.26. The molecule has 2 amide bonds. The van der Waals surface area contributed by atoms with Gasteiger partial charge in [-0.05, 0) is 37.8 Å². The van der Waals surface area contributed by atoms with Crippen LogP contribution in [0, 0.1) is 0 Å². The number of likely N-dealkylation sites (tertiary alicyclic amines) is 1. The summed E-state index contributed by atoms with van der Waals surface area (Å²) in [6, 6.07) is 8.61. The van der Waals surface area contributed by atoms with Gasteiger partial charge in [0.1, 0.15) is 0 Å². The van der Waals surface area contributed by atoms with Gasteiger partial charge >= 0.3 is 6.03 Å². The number of sulfonamides is 1. The lowest BCUT2D eigenvalue weighted by molar-refractivity contribution is 0.192. The zero-order valence-electron chi connectivity index (χ0n) is 12.1. The Morgan fingerprint density at radius 2 is 1.76 bits per heavy atom. The molecule has 0 aromatic heterocycles. The summed E-state index contributed by atoms with van der Waals surface area (Å²) in [7, 11) is -3.79. The van der Waals surface area contributed by atoms with Crippen molar-refractivity contribution in [2.45, 2.75) is 26.2 Å². The molecule has 0 unspecified atom stereocenters. The minimum atomic E-state index is -3.79. The quantitative estimate of drug-likeness (QED) is 0.933. The number of allylic oxidation sites excluding steroid dienone is 1. The average Bonchev–Trinajstić information content (AvgIpc) is 2.48. The van der Waals surface area contributed by atoms with Crippen LogP contribution >= 0.6 is 0 Å². The summed E-state index contributed by atoms with van der Waals surface area (Å²) in [6.07, 6.45) is 4.48. The highest BCUT2D eigenvalue weighted by Crippen LogP contribution is 2.13. The van der Waals surface area contributed by atoms with Crippen LogP contribution in [0.2, 0.25) is 0 Å². The number of urea groups is 1. The standard InChI is InChI=1S/C15H20N2O3S/c1-13(12-14-8-4-2-5-9-14)21(19,20)16-15(18)17-10-6-3-7-11-17/h2,4-5,8-9,12H,3,6-7,10-11H2,1H3,(H,16,18)/b13-12+. The van der Waals surface area contributed by atoms with Crippen LogP contribution in [0.15, 0.2) is 35.2 Å². The van der Waals surface area contributed by atoms with E-state index in [-0.39, 0.29) is 4.91 Å². The van der Waals surface area contributed by atoms with E-state index in [0.717, 1.165) is 24.8 Å². The number of carbonyl (C=O) groups is 1. The minimum absolute atomic E-state index is 0.124. The maximum atomic E-state index is 12.2. The molecule has 1 aliphatic heterocycles. The van der Waals surface area contributed by atoms with Crippen LogP contribution in [-0.4, -0.2) is 32.4 Å². The number of nitrogens with zero attached hydrogens (tertiary/aromatic N) is 1. The maximum Gasteiger partial charge on any atom is 0.331 e. The van der Waals surface area contributed by atoms with Crippen molar-refractivity contribution in [2.24, 2.45) is 0 Å². The minimum Gasteiger partial charge on any atom is -0.324 e. The van der Waals surface area contributed by atoms with Crippen molar-refractivity contribution in [3.8, 4) is 0 Å². The van der Waals surface area contributed by atoms with Gasteiger partial charge in [0, 0.05) is 13.1 Å². The first-order valence-electron chi connectivity index (χ1n) is 7.04. The molecule has 0 aliphatic carbocycles. The number of nitrogens with one attached hydrogen (secondary N) is 1. The number of rotatable bonds is 3. The molecule has 0 radical (unpaired) electrons. The topological polar surface area (TPSA) is 66.5 Å². The van der Waals surface area contributed by atoms with E-state index < -0.39 is 16.1 Å². The fourth-order valence-electron chi connectivity index (χ4n) is 2.22. The van der Waals surface area contributed by atoms with E-state index in [1.807, 2.05) is 30.3 Å². The van der Waals surface area contributed by atoms with Crippen molar-refractivity contribution in [3.63, 3.8) is 0 Å². The van der Waals surface area contributed by atoms with Gasteiger partial charge in [0.05, 0.1) is 4.91 Å². The third-order valence-electron chi connectivity index (χ3n) is 3.46. The Labute approximate surface area is 125 Å². The summed E-state index contributed by atoms with van der Waals surface area (Å²) >= 11 is 0. The second-order valence-electron chi connectivity index (χ2n) is 5.12. The molecule has 0 spiro atoms. The van der Waals surface area contributed by atoms with Crippen molar-refractivity contribution in [2.75, 3.05) is 13.1 Å². The van der Waals surface area contributed by atoms with Crippen LogP contribution in [0.3, 0.4) is 0 Å². The zero-order chi connectivity index (χ0) is 15.3. The Morgan fingerprint density at radius 1 is 1.14 bits per heavy atom. The van der Waals surface area contributed by atoms with Gasteiger partial charge < -0.3 is 4.90 Å². The molecule has 1 aliphatic rings. The van der Waals surface area contributed by atoms with Crippen LogP contribution in [0.5, 0.6) is 0 Å². The monoisotopic (exact) mass is 308 g/mol. The normalized spacial score (nSPS) is 16.6. The second kappa shape index (κ2) is 6.76. The predicted octanol–water partition coefficient (Wildman–Crippen LogP) is 2.57. The van der Waals surface area contributed by atoms with Gasteiger partial charge in [-0.2, -0.15) is 0 Å². The van der Waals surface area contributed by atoms with E-state index in [9.17, 15) is 13.2 Å².